The average Bonchev–Trinajstić information content (AvgIpc) is 2.07. The number of aromatic amines is 1. The van der Waals surface area contributed by atoms with Gasteiger partial charge in [-0.15, -0.1) is 0 Å². The summed E-state index contributed by atoms with van der Waals surface area (Å²) in [6.07, 6.45) is 1.62. The molecule has 1 rings (SSSR count). The molecule has 0 aliphatic carbocycles. The maximum atomic E-state index is 11.0. The highest BCUT2D eigenvalue weighted by molar-refractivity contribution is 5.33. The number of hydrogen-bond donors (Lipinski definition) is 2. The Balaban J connectivity index is 3.14. The first-order chi connectivity index (χ1) is 5.74. The fraction of sp³-hybridized carbons (Fsp3) is 0.222. The summed E-state index contributed by atoms with van der Waals surface area (Å²) in [5, 5.41) is 8.40. The Morgan fingerprint density at radius 2 is 2.42 bits per heavy atom. The van der Waals surface area contributed by atoms with Crippen molar-refractivity contribution < 1.29 is 5.11 Å². The van der Waals surface area contributed by atoms with E-state index in [4.69, 9.17) is 5.11 Å². The van der Waals surface area contributed by atoms with E-state index in [1.807, 2.05) is 6.92 Å². The average molecular weight is 163 g/mol. The van der Waals surface area contributed by atoms with Crippen molar-refractivity contribution in [3.8, 4) is 11.8 Å². The Morgan fingerprint density at radius 1 is 1.67 bits per heavy atom. The van der Waals surface area contributed by atoms with E-state index in [1.165, 1.54) is 0 Å². The molecule has 0 aliphatic rings. The molecule has 2 N–H and O–H groups in total. The molecule has 1 aromatic rings. The Morgan fingerprint density at radius 3 is 3.08 bits per heavy atom. The van der Waals surface area contributed by atoms with E-state index in [0.29, 0.717) is 5.56 Å². The van der Waals surface area contributed by atoms with Gasteiger partial charge in [0.05, 0.1) is 5.56 Å². The van der Waals surface area contributed by atoms with E-state index < -0.39 is 0 Å². The minimum atomic E-state index is -0.229. The first-order valence-electron chi connectivity index (χ1n) is 3.53. The molecule has 3 nitrogen and oxygen atoms in total. The number of H-pyrrole nitrogens is 1. The molecule has 0 spiro atoms. The van der Waals surface area contributed by atoms with Crippen LogP contribution in [0.15, 0.2) is 17.1 Å². The zero-order valence-corrected chi connectivity index (χ0v) is 6.72. The monoisotopic (exact) mass is 163 g/mol. The number of aliphatic hydroxyl groups excluding tert-OH is 1. The van der Waals surface area contributed by atoms with Crippen molar-refractivity contribution in [2.24, 2.45) is 0 Å². The molecule has 0 atom stereocenters. The zero-order chi connectivity index (χ0) is 8.97. The zero-order valence-electron chi connectivity index (χ0n) is 6.72. The summed E-state index contributed by atoms with van der Waals surface area (Å²) < 4.78 is 0. The molecule has 62 valence electrons. The number of pyridine rings is 1. The number of nitrogens with one attached hydrogen (secondary N) is 1. The van der Waals surface area contributed by atoms with Gasteiger partial charge in [0.1, 0.15) is 6.61 Å². The minimum Gasteiger partial charge on any atom is -0.384 e. The fourth-order valence-electron chi connectivity index (χ4n) is 0.820. The molecule has 0 saturated carbocycles. The second-order valence-electron chi connectivity index (χ2n) is 2.38. The maximum absolute atomic E-state index is 11.0. The van der Waals surface area contributed by atoms with E-state index >= 15 is 0 Å². The third kappa shape index (κ3) is 1.97. The standard InChI is InChI=1S/C9H9NO2/c1-7-5-8(3-2-4-11)9(12)10-6-7/h5-6,11H,4H2,1H3,(H,10,12). The molecule has 1 aromatic heterocycles. The summed E-state index contributed by atoms with van der Waals surface area (Å²) in [5.41, 5.74) is 1.11. The molecule has 1 heterocycles. The van der Waals surface area contributed by atoms with Crippen molar-refractivity contribution in [3.63, 3.8) is 0 Å². The van der Waals surface area contributed by atoms with Gasteiger partial charge in [-0.1, -0.05) is 11.8 Å². The van der Waals surface area contributed by atoms with Crippen molar-refractivity contribution in [2.45, 2.75) is 6.92 Å². The number of aliphatic hydroxyl groups is 1. The highest BCUT2D eigenvalue weighted by atomic mass is 16.2. The normalized spacial score (nSPS) is 8.83. The topological polar surface area (TPSA) is 53.1 Å². The van der Waals surface area contributed by atoms with Crippen LogP contribution in [0.25, 0.3) is 0 Å². The molecule has 0 bridgehead atoms. The van der Waals surface area contributed by atoms with Gasteiger partial charge < -0.3 is 10.1 Å². The van der Waals surface area contributed by atoms with E-state index in [1.54, 1.807) is 12.3 Å². The van der Waals surface area contributed by atoms with E-state index in [2.05, 4.69) is 16.8 Å². The second kappa shape index (κ2) is 3.74. The maximum Gasteiger partial charge on any atom is 0.263 e. The van der Waals surface area contributed by atoms with Crippen LogP contribution in [-0.4, -0.2) is 16.7 Å². The van der Waals surface area contributed by atoms with Crippen LogP contribution >= 0.6 is 0 Å². The Labute approximate surface area is 70.1 Å². The lowest BCUT2D eigenvalue weighted by Gasteiger charge is -1.91. The van der Waals surface area contributed by atoms with E-state index in [-0.39, 0.29) is 12.2 Å². The van der Waals surface area contributed by atoms with Crippen molar-refractivity contribution in [3.05, 3.63) is 33.7 Å². The summed E-state index contributed by atoms with van der Waals surface area (Å²) >= 11 is 0. The molecule has 0 radical (unpaired) electrons. The Hall–Kier alpha value is -1.53. The van der Waals surface area contributed by atoms with Crippen LogP contribution in [0.4, 0.5) is 0 Å². The predicted octanol–water partition coefficient (Wildman–Crippen LogP) is 0.0271. The van der Waals surface area contributed by atoms with Gasteiger partial charge in [-0.25, -0.2) is 0 Å². The van der Waals surface area contributed by atoms with Crippen LogP contribution in [0.5, 0.6) is 0 Å². The lowest BCUT2D eigenvalue weighted by molar-refractivity contribution is 0.350. The Kier molecular flexibility index (Phi) is 2.67. The van der Waals surface area contributed by atoms with Crippen molar-refractivity contribution in [1.82, 2.24) is 4.98 Å². The minimum absolute atomic E-state index is 0.221. The van der Waals surface area contributed by atoms with E-state index in [9.17, 15) is 4.79 Å². The van der Waals surface area contributed by atoms with E-state index in [0.717, 1.165) is 5.56 Å². The molecule has 0 aliphatic heterocycles. The van der Waals surface area contributed by atoms with Gasteiger partial charge in [-0.05, 0) is 18.6 Å². The van der Waals surface area contributed by atoms with Gasteiger partial charge in [-0.3, -0.25) is 4.79 Å². The predicted molar refractivity (Wildman–Crippen MR) is 45.8 cm³/mol. The molecule has 12 heavy (non-hydrogen) atoms. The third-order valence-corrected chi connectivity index (χ3v) is 1.35. The van der Waals surface area contributed by atoms with Gasteiger partial charge >= 0.3 is 0 Å². The van der Waals surface area contributed by atoms with Gasteiger partial charge in [0.25, 0.3) is 5.56 Å². The van der Waals surface area contributed by atoms with Crippen LogP contribution in [0, 0.1) is 18.8 Å². The van der Waals surface area contributed by atoms with Crippen molar-refractivity contribution >= 4 is 0 Å². The van der Waals surface area contributed by atoms with Crippen molar-refractivity contribution in [1.29, 1.82) is 0 Å². The van der Waals surface area contributed by atoms with Crippen LogP contribution in [0.3, 0.4) is 0 Å². The summed E-state index contributed by atoms with van der Waals surface area (Å²) in [4.78, 5) is 13.6. The fourth-order valence-corrected chi connectivity index (χ4v) is 0.820. The number of hydrogen-bond acceptors (Lipinski definition) is 2. The second-order valence-corrected chi connectivity index (χ2v) is 2.38. The highest BCUT2D eigenvalue weighted by Gasteiger charge is 1.93. The lowest BCUT2D eigenvalue weighted by Crippen LogP contribution is -2.09. The van der Waals surface area contributed by atoms with Crippen LogP contribution in [0.2, 0.25) is 0 Å². The van der Waals surface area contributed by atoms with Crippen LogP contribution in [0.1, 0.15) is 11.1 Å². The number of aromatic nitrogens is 1. The SMILES string of the molecule is Cc1c[nH]c(=O)c(C#CCO)c1. The molecule has 0 amide bonds. The lowest BCUT2D eigenvalue weighted by atomic mass is 10.2. The van der Waals surface area contributed by atoms with Crippen LogP contribution < -0.4 is 5.56 Å². The number of aryl methyl sites for hydroxylation is 1. The van der Waals surface area contributed by atoms with Crippen LogP contribution in [-0.2, 0) is 0 Å². The highest BCUT2D eigenvalue weighted by Crippen LogP contribution is 1.93. The molecule has 0 fully saturated rings. The summed E-state index contributed by atoms with van der Waals surface area (Å²) in [6.45, 7) is 1.63. The molecule has 0 unspecified atom stereocenters. The molecular weight excluding hydrogens is 154 g/mol. The first-order valence-corrected chi connectivity index (χ1v) is 3.53. The Bertz CT molecular complexity index is 381. The molecular formula is C9H9NO2. The molecule has 0 aromatic carbocycles. The van der Waals surface area contributed by atoms with Gasteiger partial charge in [-0.2, -0.15) is 0 Å². The summed E-state index contributed by atoms with van der Waals surface area (Å²) in [6, 6.07) is 1.68. The quantitative estimate of drug-likeness (QED) is 0.530. The third-order valence-electron chi connectivity index (χ3n) is 1.35. The van der Waals surface area contributed by atoms with Crippen molar-refractivity contribution in [2.75, 3.05) is 6.61 Å². The molecule has 3 heteroatoms. The number of rotatable bonds is 0. The van der Waals surface area contributed by atoms with Gasteiger partial charge in [0.15, 0.2) is 0 Å². The summed E-state index contributed by atoms with van der Waals surface area (Å²) in [5.74, 6) is 4.98. The van der Waals surface area contributed by atoms with Gasteiger partial charge in [0, 0.05) is 6.20 Å². The summed E-state index contributed by atoms with van der Waals surface area (Å²) in [7, 11) is 0. The molecule has 0 saturated heterocycles. The smallest absolute Gasteiger partial charge is 0.263 e. The van der Waals surface area contributed by atoms with Gasteiger partial charge in [0.2, 0.25) is 0 Å². The first kappa shape index (κ1) is 8.57. The largest absolute Gasteiger partial charge is 0.384 e.